The number of hydrogen-bond donors (Lipinski definition) is 2. The largest absolute Gasteiger partial charge is 0.465 e. The molecule has 65 heavy (non-hydrogen) atoms. The summed E-state index contributed by atoms with van der Waals surface area (Å²) in [5.74, 6) is 2.62. The zero-order chi connectivity index (χ0) is 45.5. The van der Waals surface area contributed by atoms with Crippen LogP contribution in [0.2, 0.25) is 0 Å². The van der Waals surface area contributed by atoms with Gasteiger partial charge >= 0.3 is 11.9 Å². The summed E-state index contributed by atoms with van der Waals surface area (Å²) < 4.78 is 13.8. The molecular weight excluding hydrogens is 889 g/mol. The van der Waals surface area contributed by atoms with E-state index in [1.54, 1.807) is 33.3 Å². The monoisotopic (exact) mass is 936 g/mol. The first-order valence-corrected chi connectivity index (χ1v) is 22.1. The standard InChI is InChI=1S/C24H24N6O2.C14H10BrN3O2.C10H15N3/c1-16-6-5-11-29(16)22-10-4-9-21(28-22)27-20-13-19(14-30-23(20)25-15-26-30)17-7-3-8-18(12-17)24(31)32-2;1-20-14(19)10-4-2-3-9(5-10)11-6-12(15)13-16-8-17-18(13)7-11;1-8-4-3-7-13(8)10-6-2-5-9(11)12-10/h3-4,7-10,12-16H,5-6,11H2,1-2H3,(H,27,28);2-8H,1H3;2,5-6,8H,3-4,7H2,1H3,(H2,11,12). The summed E-state index contributed by atoms with van der Waals surface area (Å²) in [5, 5.41) is 11.9. The van der Waals surface area contributed by atoms with Crippen LogP contribution in [0.25, 0.3) is 33.5 Å². The molecule has 10 rings (SSSR count). The zero-order valence-corrected chi connectivity index (χ0v) is 38.1. The van der Waals surface area contributed by atoms with E-state index in [9.17, 15) is 9.59 Å². The Balaban J connectivity index is 0.000000148. The molecular formula is C48H49BrN12O4. The van der Waals surface area contributed by atoms with E-state index in [1.165, 1.54) is 52.6 Å². The number of nitrogens with one attached hydrogen (secondary N) is 1. The molecule has 16 nitrogen and oxygen atoms in total. The smallest absolute Gasteiger partial charge is 0.337 e. The Morgan fingerprint density at radius 2 is 1.18 bits per heavy atom. The van der Waals surface area contributed by atoms with E-state index in [-0.39, 0.29) is 11.9 Å². The number of rotatable bonds is 8. The third-order valence-electron chi connectivity index (χ3n) is 11.4. The highest BCUT2D eigenvalue weighted by molar-refractivity contribution is 9.10. The van der Waals surface area contributed by atoms with Crippen LogP contribution in [0, 0.1) is 0 Å². The number of fused-ring (bicyclic) bond motifs is 2. The molecule has 2 fully saturated rings. The SMILES string of the molecule is CC1CCCN1c1cccc(N)n1.COC(=O)c1cccc(-c2cc(Br)c3ncnn3c2)c1.COC(=O)c1cccc(-c2cc(Nc3cccc(N4CCCC4C)n3)c3ncnn3c2)c1. The summed E-state index contributed by atoms with van der Waals surface area (Å²) in [6, 6.07) is 31.4. The summed E-state index contributed by atoms with van der Waals surface area (Å²) in [4.78, 5) is 45.9. The van der Waals surface area contributed by atoms with Gasteiger partial charge in [0.15, 0.2) is 11.3 Å². The van der Waals surface area contributed by atoms with Crippen LogP contribution in [0.5, 0.6) is 0 Å². The quantitative estimate of drug-likeness (QED) is 0.138. The molecule has 2 saturated heterocycles. The first kappa shape index (κ1) is 44.2. The fraction of sp³-hybridized carbons (Fsp3) is 0.250. The number of ether oxygens (including phenoxy) is 2. The molecule has 2 unspecified atom stereocenters. The van der Waals surface area contributed by atoms with E-state index in [0.717, 1.165) is 68.6 Å². The van der Waals surface area contributed by atoms with Crippen molar-refractivity contribution in [2.45, 2.75) is 51.6 Å². The number of esters is 2. The van der Waals surface area contributed by atoms with Gasteiger partial charge in [0, 0.05) is 48.7 Å². The first-order valence-electron chi connectivity index (χ1n) is 21.3. The van der Waals surface area contributed by atoms with Gasteiger partial charge in [-0.3, -0.25) is 0 Å². The second-order valence-corrected chi connectivity index (χ2v) is 16.6. The van der Waals surface area contributed by atoms with Gasteiger partial charge in [0.25, 0.3) is 0 Å². The average molecular weight is 938 g/mol. The maximum absolute atomic E-state index is 12.0. The predicted molar refractivity (Wildman–Crippen MR) is 255 cm³/mol. The molecule has 0 radical (unpaired) electrons. The maximum atomic E-state index is 12.0. The van der Waals surface area contributed by atoms with Crippen molar-refractivity contribution in [2.24, 2.45) is 0 Å². The molecule has 0 aliphatic carbocycles. The van der Waals surface area contributed by atoms with E-state index in [0.29, 0.717) is 34.7 Å². The van der Waals surface area contributed by atoms with Gasteiger partial charge in [-0.05, 0) is 127 Å². The number of nitrogens with zero attached hydrogens (tertiary/aromatic N) is 10. The molecule has 3 N–H and O–H groups in total. The van der Waals surface area contributed by atoms with Gasteiger partial charge in [-0.1, -0.05) is 36.4 Å². The number of halogens is 1. The highest BCUT2D eigenvalue weighted by Crippen LogP contribution is 2.31. The topological polar surface area (TPSA) is 183 Å². The Kier molecular flexibility index (Phi) is 13.6. The summed E-state index contributed by atoms with van der Waals surface area (Å²) in [5.41, 5.74) is 12.5. The number of carbonyl (C=O) groups is 2. The highest BCUT2D eigenvalue weighted by Gasteiger charge is 2.23. The number of pyridine rings is 4. The van der Waals surface area contributed by atoms with Crippen molar-refractivity contribution >= 4 is 68.1 Å². The highest BCUT2D eigenvalue weighted by atomic mass is 79.9. The lowest BCUT2D eigenvalue weighted by molar-refractivity contribution is 0.0592. The minimum absolute atomic E-state index is 0.354. The second-order valence-electron chi connectivity index (χ2n) is 15.7. The van der Waals surface area contributed by atoms with Crippen LogP contribution < -0.4 is 20.9 Å². The van der Waals surface area contributed by atoms with Gasteiger partial charge < -0.3 is 30.3 Å². The van der Waals surface area contributed by atoms with Gasteiger partial charge in [0.2, 0.25) is 0 Å². The van der Waals surface area contributed by atoms with Crippen molar-refractivity contribution in [2.75, 3.05) is 48.2 Å². The van der Waals surface area contributed by atoms with E-state index >= 15 is 0 Å². The summed E-state index contributed by atoms with van der Waals surface area (Å²) >= 11 is 3.47. The number of hydrogen-bond acceptors (Lipinski definition) is 14. The third-order valence-corrected chi connectivity index (χ3v) is 12.0. The number of anilines is 5. The van der Waals surface area contributed by atoms with Gasteiger partial charge in [-0.15, -0.1) is 0 Å². The molecule has 17 heteroatoms. The molecule has 0 bridgehead atoms. The lowest BCUT2D eigenvalue weighted by Crippen LogP contribution is -2.27. The fourth-order valence-corrected chi connectivity index (χ4v) is 8.58. The first-order chi connectivity index (χ1) is 31.6. The van der Waals surface area contributed by atoms with Crippen LogP contribution in [0.3, 0.4) is 0 Å². The normalized spacial score (nSPS) is 15.5. The molecule has 2 aliphatic rings. The maximum Gasteiger partial charge on any atom is 0.337 e. The van der Waals surface area contributed by atoms with Gasteiger partial charge in [0.1, 0.15) is 35.9 Å². The minimum atomic E-state index is -0.371. The van der Waals surface area contributed by atoms with E-state index in [2.05, 4.69) is 70.0 Å². The van der Waals surface area contributed by atoms with Gasteiger partial charge in [-0.25, -0.2) is 38.6 Å². The zero-order valence-electron chi connectivity index (χ0n) is 36.5. The summed E-state index contributed by atoms with van der Waals surface area (Å²) in [6.45, 7) is 6.61. The Hall–Kier alpha value is -7.40. The number of benzene rings is 2. The lowest BCUT2D eigenvalue weighted by Gasteiger charge is -2.23. The summed E-state index contributed by atoms with van der Waals surface area (Å²) in [6.07, 6.45) is 11.7. The van der Waals surface area contributed by atoms with E-state index < -0.39 is 0 Å². The predicted octanol–water partition coefficient (Wildman–Crippen LogP) is 8.91. The molecule has 8 heterocycles. The molecule has 0 saturated carbocycles. The van der Waals surface area contributed by atoms with Crippen LogP contribution in [0.1, 0.15) is 60.2 Å². The van der Waals surface area contributed by atoms with Crippen molar-refractivity contribution in [1.29, 1.82) is 0 Å². The Labute approximate surface area is 384 Å². The summed E-state index contributed by atoms with van der Waals surface area (Å²) in [7, 11) is 2.75. The Morgan fingerprint density at radius 3 is 1.74 bits per heavy atom. The molecule has 2 aliphatic heterocycles. The fourth-order valence-electron chi connectivity index (χ4n) is 8.04. The van der Waals surface area contributed by atoms with Gasteiger partial charge in [0.05, 0.1) is 35.5 Å². The number of nitrogen functional groups attached to an aromatic ring is 1. The van der Waals surface area contributed by atoms with Crippen molar-refractivity contribution in [1.82, 2.24) is 39.2 Å². The Morgan fingerprint density at radius 1 is 0.662 bits per heavy atom. The van der Waals surface area contributed by atoms with Crippen LogP contribution >= 0.6 is 15.9 Å². The number of carbonyl (C=O) groups excluding carboxylic acids is 2. The average Bonchev–Trinajstić information content (AvgIpc) is 4.18. The number of aromatic nitrogens is 8. The molecule has 6 aromatic heterocycles. The van der Waals surface area contributed by atoms with Crippen LogP contribution in [0.15, 0.2) is 127 Å². The van der Waals surface area contributed by atoms with Crippen LogP contribution in [-0.4, -0.2) is 90.5 Å². The van der Waals surface area contributed by atoms with Crippen molar-refractivity contribution in [3.8, 4) is 22.3 Å². The number of nitrogens with two attached hydrogens (primary N) is 1. The lowest BCUT2D eigenvalue weighted by atomic mass is 10.0. The molecule has 8 aromatic rings. The Bertz CT molecular complexity index is 2960. The van der Waals surface area contributed by atoms with Crippen molar-refractivity contribution in [3.05, 3.63) is 138 Å². The molecule has 2 atom stereocenters. The number of methoxy groups -OCH3 is 2. The minimum Gasteiger partial charge on any atom is -0.465 e. The van der Waals surface area contributed by atoms with Gasteiger partial charge in [-0.2, -0.15) is 10.2 Å². The third kappa shape index (κ3) is 10.2. The van der Waals surface area contributed by atoms with E-state index in [4.69, 9.17) is 20.2 Å². The molecule has 0 spiro atoms. The van der Waals surface area contributed by atoms with Crippen molar-refractivity contribution in [3.63, 3.8) is 0 Å². The second kappa shape index (κ2) is 20.0. The molecule has 0 amide bonds. The van der Waals surface area contributed by atoms with Crippen molar-refractivity contribution < 1.29 is 19.1 Å². The van der Waals surface area contributed by atoms with Crippen LogP contribution in [-0.2, 0) is 9.47 Å². The molecule has 332 valence electrons. The van der Waals surface area contributed by atoms with Crippen LogP contribution in [0.4, 0.5) is 29.0 Å². The van der Waals surface area contributed by atoms with E-state index in [1.807, 2.05) is 85.2 Å². The molecule has 2 aromatic carbocycles.